The second-order valence-corrected chi connectivity index (χ2v) is 9.46. The number of nitrogens with zero attached hydrogens (tertiary/aromatic N) is 1. The Morgan fingerprint density at radius 1 is 0.963 bits per heavy atom. The maximum absolute atomic E-state index is 5.08. The second kappa shape index (κ2) is 13.6. The Balaban J connectivity index is 1.64. The summed E-state index contributed by atoms with van der Waals surface area (Å²) < 4.78 is 7.23. The van der Waals surface area contributed by atoms with Crippen molar-refractivity contribution in [1.82, 2.24) is 4.31 Å². The quantitative estimate of drug-likeness (QED) is 0.197. The molecule has 0 aliphatic heterocycles. The molecule has 0 bridgehead atoms. The van der Waals surface area contributed by atoms with Crippen molar-refractivity contribution in [3.05, 3.63) is 35.4 Å². The zero-order valence-electron chi connectivity index (χ0n) is 17.9. The van der Waals surface area contributed by atoms with E-state index in [0.717, 1.165) is 24.8 Å². The van der Waals surface area contributed by atoms with Crippen molar-refractivity contribution in [2.45, 2.75) is 89.9 Å². The molecule has 1 aliphatic rings. The number of rotatable bonds is 13. The molecule has 0 atom stereocenters. The molecule has 2 nitrogen and oxygen atoms in total. The van der Waals surface area contributed by atoms with Crippen molar-refractivity contribution in [3.8, 4) is 0 Å². The first-order valence-electron chi connectivity index (χ1n) is 11.2. The van der Waals surface area contributed by atoms with E-state index < -0.39 is 0 Å². The van der Waals surface area contributed by atoms with E-state index in [2.05, 4.69) is 42.5 Å². The van der Waals surface area contributed by atoms with Crippen molar-refractivity contribution in [2.24, 2.45) is 5.92 Å². The monoisotopic (exact) mass is 391 g/mol. The summed E-state index contributed by atoms with van der Waals surface area (Å²) in [6, 6.07) is 9.52. The molecule has 154 valence electrons. The summed E-state index contributed by atoms with van der Waals surface area (Å²) in [6.07, 6.45) is 16.6. The third-order valence-corrected chi connectivity index (χ3v) is 6.74. The van der Waals surface area contributed by atoms with E-state index in [1.54, 1.807) is 12.7 Å². The molecule has 0 radical (unpaired) electrons. The van der Waals surface area contributed by atoms with Gasteiger partial charge in [0.25, 0.3) is 0 Å². The van der Waals surface area contributed by atoms with Crippen molar-refractivity contribution < 1.29 is 4.18 Å². The Kier molecular flexibility index (Phi) is 11.5. The van der Waals surface area contributed by atoms with Gasteiger partial charge in [0.15, 0.2) is 0 Å². The Hall–Kier alpha value is -0.510. The molecule has 0 N–H and O–H groups in total. The van der Waals surface area contributed by atoms with Gasteiger partial charge in [0.2, 0.25) is 0 Å². The van der Waals surface area contributed by atoms with Gasteiger partial charge in [-0.05, 0) is 68.5 Å². The SMILES string of the molecule is CCCCCCCC1CCC(c2ccc(CCCN(C)SOC)cc2)CC1. The molecule has 0 spiro atoms. The Labute approximate surface area is 172 Å². The number of hydrogen-bond donors (Lipinski definition) is 0. The summed E-state index contributed by atoms with van der Waals surface area (Å²) in [6.45, 7) is 3.36. The van der Waals surface area contributed by atoms with Crippen LogP contribution in [0.2, 0.25) is 0 Å². The molecule has 1 aromatic carbocycles. The van der Waals surface area contributed by atoms with Gasteiger partial charge < -0.3 is 4.18 Å². The maximum Gasteiger partial charge on any atom is 0.0813 e. The minimum Gasteiger partial charge on any atom is -0.304 e. The topological polar surface area (TPSA) is 12.5 Å². The predicted molar refractivity (Wildman–Crippen MR) is 120 cm³/mol. The van der Waals surface area contributed by atoms with Gasteiger partial charge in [0.1, 0.15) is 0 Å². The zero-order chi connectivity index (χ0) is 19.3. The lowest BCUT2D eigenvalue weighted by Crippen LogP contribution is -2.13. The molecule has 27 heavy (non-hydrogen) atoms. The van der Waals surface area contributed by atoms with Crippen LogP contribution in [-0.2, 0) is 10.6 Å². The van der Waals surface area contributed by atoms with E-state index >= 15 is 0 Å². The van der Waals surface area contributed by atoms with Crippen LogP contribution in [0.5, 0.6) is 0 Å². The summed E-state index contributed by atoms with van der Waals surface area (Å²) in [5.41, 5.74) is 3.04. The highest BCUT2D eigenvalue weighted by Crippen LogP contribution is 2.37. The first-order chi connectivity index (χ1) is 13.2. The molecule has 3 heteroatoms. The van der Waals surface area contributed by atoms with Crippen LogP contribution >= 0.6 is 12.2 Å². The van der Waals surface area contributed by atoms with Gasteiger partial charge >= 0.3 is 0 Å². The highest BCUT2D eigenvalue weighted by molar-refractivity contribution is 7.92. The molecule has 0 heterocycles. The van der Waals surface area contributed by atoms with Crippen molar-refractivity contribution in [2.75, 3.05) is 20.7 Å². The lowest BCUT2D eigenvalue weighted by atomic mass is 9.77. The van der Waals surface area contributed by atoms with E-state index in [9.17, 15) is 0 Å². The molecule has 1 aliphatic carbocycles. The van der Waals surface area contributed by atoms with Crippen LogP contribution < -0.4 is 0 Å². The molecule has 2 rings (SSSR count). The molecular weight excluding hydrogens is 350 g/mol. The Morgan fingerprint density at radius 3 is 2.33 bits per heavy atom. The lowest BCUT2D eigenvalue weighted by molar-refractivity contribution is 0.302. The van der Waals surface area contributed by atoms with Gasteiger partial charge in [0, 0.05) is 6.54 Å². The number of unbranched alkanes of at least 4 members (excludes halogenated alkanes) is 4. The summed E-state index contributed by atoms with van der Waals surface area (Å²) in [7, 11) is 3.81. The first-order valence-corrected chi connectivity index (χ1v) is 11.9. The average molecular weight is 392 g/mol. The summed E-state index contributed by atoms with van der Waals surface area (Å²) >= 11 is 1.43. The molecule has 0 aromatic heterocycles. The summed E-state index contributed by atoms with van der Waals surface area (Å²) in [5, 5.41) is 0. The fourth-order valence-corrected chi connectivity index (χ4v) is 4.91. The minimum absolute atomic E-state index is 0.805. The van der Waals surface area contributed by atoms with E-state index in [1.807, 2.05) is 0 Å². The van der Waals surface area contributed by atoms with Gasteiger partial charge in [-0.1, -0.05) is 69.7 Å². The fourth-order valence-electron chi connectivity index (χ4n) is 4.45. The number of benzene rings is 1. The van der Waals surface area contributed by atoms with Crippen LogP contribution in [0.4, 0.5) is 0 Å². The van der Waals surface area contributed by atoms with Crippen molar-refractivity contribution in [1.29, 1.82) is 0 Å². The number of hydrogen-bond acceptors (Lipinski definition) is 3. The molecular formula is C24H41NOS. The largest absolute Gasteiger partial charge is 0.304 e. The van der Waals surface area contributed by atoms with Gasteiger partial charge in [0.05, 0.1) is 19.3 Å². The van der Waals surface area contributed by atoms with E-state index in [-0.39, 0.29) is 0 Å². The second-order valence-electron chi connectivity index (χ2n) is 8.36. The molecule has 1 saturated carbocycles. The fraction of sp³-hybridized carbons (Fsp3) is 0.750. The standard InChI is InChI=1S/C24H41NOS/c1-4-5-6-7-8-10-21-12-16-23(17-13-21)24-18-14-22(15-19-24)11-9-20-25(2)27-26-3/h14-15,18-19,21,23H,4-13,16-17,20H2,1-3H3. The van der Waals surface area contributed by atoms with Gasteiger partial charge in [-0.15, -0.1) is 0 Å². The average Bonchev–Trinajstić information content (AvgIpc) is 2.69. The van der Waals surface area contributed by atoms with Gasteiger partial charge in [-0.25, -0.2) is 4.31 Å². The van der Waals surface area contributed by atoms with Crippen LogP contribution in [0, 0.1) is 5.92 Å². The lowest BCUT2D eigenvalue weighted by Gasteiger charge is -2.29. The minimum atomic E-state index is 0.805. The summed E-state index contributed by atoms with van der Waals surface area (Å²) in [4.78, 5) is 0. The zero-order valence-corrected chi connectivity index (χ0v) is 18.7. The van der Waals surface area contributed by atoms with Crippen LogP contribution in [0.15, 0.2) is 24.3 Å². The Bertz CT molecular complexity index is 482. The molecule has 0 unspecified atom stereocenters. The van der Waals surface area contributed by atoms with E-state index in [1.165, 1.54) is 88.4 Å². The van der Waals surface area contributed by atoms with Crippen LogP contribution in [0.3, 0.4) is 0 Å². The normalized spacial score (nSPS) is 20.3. The highest BCUT2D eigenvalue weighted by Gasteiger charge is 2.21. The third-order valence-electron chi connectivity index (χ3n) is 6.15. The molecule has 1 fully saturated rings. The highest BCUT2D eigenvalue weighted by atomic mass is 32.2. The van der Waals surface area contributed by atoms with Crippen LogP contribution in [0.1, 0.15) is 94.6 Å². The first kappa shape index (κ1) is 22.8. The Morgan fingerprint density at radius 2 is 1.67 bits per heavy atom. The third kappa shape index (κ3) is 9.02. The van der Waals surface area contributed by atoms with Crippen LogP contribution in [0.25, 0.3) is 0 Å². The maximum atomic E-state index is 5.08. The van der Waals surface area contributed by atoms with Crippen molar-refractivity contribution >= 4 is 12.2 Å². The van der Waals surface area contributed by atoms with Gasteiger partial charge in [-0.3, -0.25) is 0 Å². The predicted octanol–water partition coefficient (Wildman–Crippen LogP) is 7.39. The smallest absolute Gasteiger partial charge is 0.0813 e. The van der Waals surface area contributed by atoms with Gasteiger partial charge in [-0.2, -0.15) is 0 Å². The van der Waals surface area contributed by atoms with E-state index in [0.29, 0.717) is 0 Å². The molecule has 0 amide bonds. The van der Waals surface area contributed by atoms with Crippen LogP contribution in [-0.4, -0.2) is 25.0 Å². The van der Waals surface area contributed by atoms with Crippen molar-refractivity contribution in [3.63, 3.8) is 0 Å². The summed E-state index contributed by atoms with van der Waals surface area (Å²) in [5.74, 6) is 1.81. The molecule has 1 aromatic rings. The van der Waals surface area contributed by atoms with E-state index in [4.69, 9.17) is 4.18 Å². The number of aryl methyl sites for hydroxylation is 1. The molecule has 0 saturated heterocycles.